The standard InChI is InChI=1S/C22H33N3O3/c1-16(2)15-25-17(3)20(8-9-21(25)26)22(27)24-12-10-23(11-13-24)18-6-5-7-19(14-18)28-4/h5-7,14,16-17,20H,8-13,15H2,1-4H3/t17-,20-/m1/s1. The third-order valence-electron chi connectivity index (χ3n) is 5.95. The molecule has 0 aliphatic carbocycles. The molecule has 2 heterocycles. The lowest BCUT2D eigenvalue weighted by Crippen LogP contribution is -2.56. The monoisotopic (exact) mass is 387 g/mol. The van der Waals surface area contributed by atoms with Crippen LogP contribution in [0.1, 0.15) is 33.6 Å². The average Bonchev–Trinajstić information content (AvgIpc) is 2.70. The zero-order valence-corrected chi connectivity index (χ0v) is 17.6. The van der Waals surface area contributed by atoms with Crippen molar-refractivity contribution < 1.29 is 14.3 Å². The zero-order valence-electron chi connectivity index (χ0n) is 17.6. The molecule has 0 radical (unpaired) electrons. The molecular formula is C22H33N3O3. The molecular weight excluding hydrogens is 354 g/mol. The lowest BCUT2D eigenvalue weighted by Gasteiger charge is -2.43. The Morgan fingerprint density at radius 1 is 1.21 bits per heavy atom. The highest BCUT2D eigenvalue weighted by molar-refractivity contribution is 5.84. The number of piperidine rings is 1. The van der Waals surface area contributed by atoms with E-state index < -0.39 is 0 Å². The minimum atomic E-state index is -0.0835. The van der Waals surface area contributed by atoms with Gasteiger partial charge in [-0.1, -0.05) is 19.9 Å². The van der Waals surface area contributed by atoms with E-state index in [1.165, 1.54) is 0 Å². The van der Waals surface area contributed by atoms with E-state index in [0.29, 0.717) is 18.8 Å². The number of hydrogen-bond donors (Lipinski definition) is 0. The molecule has 154 valence electrons. The number of hydrogen-bond acceptors (Lipinski definition) is 4. The number of amides is 2. The lowest BCUT2D eigenvalue weighted by atomic mass is 9.87. The van der Waals surface area contributed by atoms with Crippen LogP contribution in [0.25, 0.3) is 0 Å². The van der Waals surface area contributed by atoms with Gasteiger partial charge in [0.2, 0.25) is 11.8 Å². The second-order valence-corrected chi connectivity index (χ2v) is 8.34. The molecule has 6 nitrogen and oxygen atoms in total. The summed E-state index contributed by atoms with van der Waals surface area (Å²) >= 11 is 0. The number of nitrogens with zero attached hydrogens (tertiary/aromatic N) is 3. The van der Waals surface area contributed by atoms with Crippen molar-refractivity contribution in [2.45, 2.75) is 39.7 Å². The molecule has 0 unspecified atom stereocenters. The number of rotatable bonds is 5. The van der Waals surface area contributed by atoms with E-state index in [0.717, 1.165) is 44.2 Å². The molecule has 28 heavy (non-hydrogen) atoms. The molecule has 2 aliphatic heterocycles. The molecule has 0 bridgehead atoms. The maximum Gasteiger partial charge on any atom is 0.227 e. The van der Waals surface area contributed by atoms with E-state index in [4.69, 9.17) is 4.74 Å². The summed E-state index contributed by atoms with van der Waals surface area (Å²) in [6.07, 6.45) is 1.15. The fourth-order valence-corrected chi connectivity index (χ4v) is 4.33. The van der Waals surface area contributed by atoms with Crippen molar-refractivity contribution in [3.63, 3.8) is 0 Å². The Bertz CT molecular complexity index is 698. The molecule has 0 spiro atoms. The maximum atomic E-state index is 13.2. The van der Waals surface area contributed by atoms with Crippen LogP contribution in [0.3, 0.4) is 0 Å². The number of ether oxygens (including phenoxy) is 1. The molecule has 2 saturated heterocycles. The van der Waals surface area contributed by atoms with E-state index >= 15 is 0 Å². The Hall–Kier alpha value is -2.24. The highest BCUT2D eigenvalue weighted by Gasteiger charge is 2.39. The molecule has 2 aliphatic rings. The number of carbonyl (C=O) groups excluding carboxylic acids is 2. The molecule has 0 N–H and O–H groups in total. The Kier molecular flexibility index (Phi) is 6.47. The van der Waals surface area contributed by atoms with Crippen molar-refractivity contribution >= 4 is 17.5 Å². The second kappa shape index (κ2) is 8.84. The van der Waals surface area contributed by atoms with Crippen molar-refractivity contribution in [2.75, 3.05) is 44.7 Å². The van der Waals surface area contributed by atoms with Gasteiger partial charge in [0.25, 0.3) is 0 Å². The van der Waals surface area contributed by atoms with Gasteiger partial charge < -0.3 is 19.4 Å². The van der Waals surface area contributed by atoms with Crippen LogP contribution in [-0.4, -0.2) is 67.5 Å². The molecule has 2 atom stereocenters. The highest BCUT2D eigenvalue weighted by Crippen LogP contribution is 2.28. The largest absolute Gasteiger partial charge is 0.497 e. The minimum Gasteiger partial charge on any atom is -0.497 e. The first-order valence-electron chi connectivity index (χ1n) is 10.4. The quantitative estimate of drug-likeness (QED) is 0.779. The molecule has 2 fully saturated rings. The van der Waals surface area contributed by atoms with Gasteiger partial charge in [-0.2, -0.15) is 0 Å². The molecule has 3 rings (SSSR count). The van der Waals surface area contributed by atoms with Gasteiger partial charge in [0.15, 0.2) is 0 Å². The van der Waals surface area contributed by atoms with E-state index in [-0.39, 0.29) is 23.8 Å². The maximum absolute atomic E-state index is 13.2. The first kappa shape index (κ1) is 20.5. The highest BCUT2D eigenvalue weighted by atomic mass is 16.5. The van der Waals surface area contributed by atoms with Gasteiger partial charge in [-0.05, 0) is 31.4 Å². The Labute approximate surface area is 168 Å². The SMILES string of the molecule is COc1cccc(N2CCN(C(=O)[C@@H]3CCC(=O)N(CC(C)C)[C@@H]3C)CC2)c1. The topological polar surface area (TPSA) is 53.1 Å². The predicted molar refractivity (Wildman–Crippen MR) is 111 cm³/mol. The molecule has 2 amide bonds. The van der Waals surface area contributed by atoms with Crippen molar-refractivity contribution in [1.82, 2.24) is 9.80 Å². The van der Waals surface area contributed by atoms with Crippen LogP contribution in [0.2, 0.25) is 0 Å². The molecule has 1 aromatic carbocycles. The van der Waals surface area contributed by atoms with Crippen LogP contribution < -0.4 is 9.64 Å². The summed E-state index contributed by atoms with van der Waals surface area (Å²) < 4.78 is 5.32. The summed E-state index contributed by atoms with van der Waals surface area (Å²) in [7, 11) is 1.67. The summed E-state index contributed by atoms with van der Waals surface area (Å²) in [5, 5.41) is 0. The van der Waals surface area contributed by atoms with Gasteiger partial charge in [-0.3, -0.25) is 9.59 Å². The molecule has 1 aromatic rings. The first-order chi connectivity index (χ1) is 13.4. The number of likely N-dealkylation sites (tertiary alicyclic amines) is 1. The summed E-state index contributed by atoms with van der Waals surface area (Å²) in [6, 6.07) is 8.04. The Balaban J connectivity index is 1.60. The third-order valence-corrected chi connectivity index (χ3v) is 5.95. The Morgan fingerprint density at radius 3 is 2.57 bits per heavy atom. The van der Waals surface area contributed by atoms with Crippen LogP contribution in [-0.2, 0) is 9.59 Å². The zero-order chi connectivity index (χ0) is 20.3. The molecule has 6 heteroatoms. The number of piperazine rings is 1. The molecule has 0 aromatic heterocycles. The van der Waals surface area contributed by atoms with Gasteiger partial charge in [0.05, 0.1) is 13.0 Å². The number of benzene rings is 1. The first-order valence-corrected chi connectivity index (χ1v) is 10.4. The predicted octanol–water partition coefficient (Wildman–Crippen LogP) is 2.63. The van der Waals surface area contributed by atoms with Crippen molar-refractivity contribution in [1.29, 1.82) is 0 Å². The van der Waals surface area contributed by atoms with Crippen LogP contribution in [0.15, 0.2) is 24.3 Å². The van der Waals surface area contributed by atoms with Gasteiger partial charge in [-0.15, -0.1) is 0 Å². The fraction of sp³-hybridized carbons (Fsp3) is 0.636. The van der Waals surface area contributed by atoms with E-state index in [1.54, 1.807) is 7.11 Å². The second-order valence-electron chi connectivity index (χ2n) is 8.34. The van der Waals surface area contributed by atoms with Gasteiger partial charge in [0.1, 0.15) is 5.75 Å². The van der Waals surface area contributed by atoms with Crippen LogP contribution >= 0.6 is 0 Å². The lowest BCUT2D eigenvalue weighted by molar-refractivity contribution is -0.147. The minimum absolute atomic E-state index is 0.0208. The summed E-state index contributed by atoms with van der Waals surface area (Å²) in [5.41, 5.74) is 1.13. The number of anilines is 1. The van der Waals surface area contributed by atoms with Crippen molar-refractivity contribution in [3.8, 4) is 5.75 Å². The van der Waals surface area contributed by atoms with E-state index in [9.17, 15) is 9.59 Å². The van der Waals surface area contributed by atoms with E-state index in [1.807, 2.05) is 34.9 Å². The van der Waals surface area contributed by atoms with Crippen molar-refractivity contribution in [2.24, 2.45) is 11.8 Å². The van der Waals surface area contributed by atoms with Crippen molar-refractivity contribution in [3.05, 3.63) is 24.3 Å². The smallest absolute Gasteiger partial charge is 0.227 e. The van der Waals surface area contributed by atoms with Crippen LogP contribution in [0.4, 0.5) is 5.69 Å². The summed E-state index contributed by atoms with van der Waals surface area (Å²) in [4.78, 5) is 31.7. The number of methoxy groups -OCH3 is 1. The van der Waals surface area contributed by atoms with Gasteiger partial charge in [0, 0.05) is 56.9 Å². The fourth-order valence-electron chi connectivity index (χ4n) is 4.33. The van der Waals surface area contributed by atoms with E-state index in [2.05, 4.69) is 24.8 Å². The van der Waals surface area contributed by atoms with Gasteiger partial charge >= 0.3 is 0 Å². The Morgan fingerprint density at radius 2 is 1.93 bits per heavy atom. The van der Waals surface area contributed by atoms with Crippen LogP contribution in [0.5, 0.6) is 5.75 Å². The summed E-state index contributed by atoms with van der Waals surface area (Å²) in [6.45, 7) is 10.1. The third kappa shape index (κ3) is 4.42. The normalized spacial score (nSPS) is 23.3. The summed E-state index contributed by atoms with van der Waals surface area (Å²) in [5.74, 6) is 1.57. The average molecular weight is 388 g/mol. The van der Waals surface area contributed by atoms with Gasteiger partial charge in [-0.25, -0.2) is 0 Å². The van der Waals surface area contributed by atoms with Crippen LogP contribution in [0, 0.1) is 11.8 Å². The molecule has 0 saturated carbocycles. The number of carbonyl (C=O) groups is 2.